The van der Waals surface area contributed by atoms with Crippen LogP contribution in [-0.2, 0) is 17.8 Å². The minimum Gasteiger partial charge on any atom is -0.487 e. The molecule has 0 amide bonds. The lowest BCUT2D eigenvalue weighted by Crippen LogP contribution is -2.21. The van der Waals surface area contributed by atoms with Gasteiger partial charge in [0.05, 0.1) is 23.7 Å². The topological polar surface area (TPSA) is 112 Å². The van der Waals surface area contributed by atoms with Crippen LogP contribution in [0.15, 0.2) is 66.9 Å². The van der Waals surface area contributed by atoms with Crippen LogP contribution < -0.4 is 15.2 Å². The van der Waals surface area contributed by atoms with Gasteiger partial charge in [-0.15, -0.1) is 13.2 Å². The molecule has 8 nitrogen and oxygen atoms in total. The molecule has 0 unspecified atom stereocenters. The molecule has 210 valence electrons. The van der Waals surface area contributed by atoms with Gasteiger partial charge in [-0.3, -0.25) is 9.48 Å². The number of aromatic nitrogens is 3. The quantitative estimate of drug-likeness (QED) is 0.217. The molecule has 0 bridgehead atoms. The number of anilines is 1. The van der Waals surface area contributed by atoms with E-state index >= 15 is 0 Å². The Labute approximate surface area is 232 Å². The summed E-state index contributed by atoms with van der Waals surface area (Å²) in [6.07, 6.45) is -0.692. The number of carboxylic acids is 1. The molecule has 1 aliphatic rings. The van der Waals surface area contributed by atoms with Gasteiger partial charge in [0.15, 0.2) is 0 Å². The SMILES string of the molecule is Nc1nccc2ccc(-c3ccc4nn(C5CCC5)c(COc5cc(OC(F)(F)F)ccc5CC(=O)O)c4c3)cc12. The van der Waals surface area contributed by atoms with Crippen molar-refractivity contribution >= 4 is 33.5 Å². The van der Waals surface area contributed by atoms with Crippen molar-refractivity contribution in [2.24, 2.45) is 0 Å². The lowest BCUT2D eigenvalue weighted by atomic mass is 9.93. The zero-order chi connectivity index (χ0) is 28.7. The molecular formula is C30H25F3N4O4. The van der Waals surface area contributed by atoms with Crippen LogP contribution in [0.1, 0.15) is 36.6 Å². The van der Waals surface area contributed by atoms with Gasteiger partial charge in [-0.05, 0) is 66.1 Å². The van der Waals surface area contributed by atoms with Crippen molar-refractivity contribution in [3.05, 3.63) is 78.1 Å². The number of carbonyl (C=O) groups is 1. The lowest BCUT2D eigenvalue weighted by molar-refractivity contribution is -0.274. The summed E-state index contributed by atoms with van der Waals surface area (Å²) in [4.78, 5) is 15.6. The monoisotopic (exact) mass is 562 g/mol. The highest BCUT2D eigenvalue weighted by Gasteiger charge is 2.31. The highest BCUT2D eigenvalue weighted by molar-refractivity contribution is 5.95. The van der Waals surface area contributed by atoms with E-state index in [9.17, 15) is 23.1 Å². The number of rotatable bonds is 8. The fraction of sp³-hybridized carbons (Fsp3) is 0.233. The second kappa shape index (κ2) is 10.3. The predicted octanol–water partition coefficient (Wildman–Crippen LogP) is 6.66. The van der Waals surface area contributed by atoms with Gasteiger partial charge in [-0.25, -0.2) is 4.98 Å². The van der Waals surface area contributed by atoms with Gasteiger partial charge in [0.2, 0.25) is 0 Å². The number of halogens is 3. The average Bonchev–Trinajstić information content (AvgIpc) is 3.23. The fourth-order valence-electron chi connectivity index (χ4n) is 5.10. The number of alkyl halides is 3. The van der Waals surface area contributed by atoms with E-state index in [0.29, 0.717) is 5.82 Å². The first-order valence-corrected chi connectivity index (χ1v) is 13.0. The number of pyridine rings is 1. The maximum absolute atomic E-state index is 12.9. The van der Waals surface area contributed by atoms with E-state index in [2.05, 4.69) is 9.72 Å². The van der Waals surface area contributed by atoms with Crippen molar-refractivity contribution in [3.63, 3.8) is 0 Å². The van der Waals surface area contributed by atoms with Gasteiger partial charge >= 0.3 is 12.3 Å². The number of benzene rings is 3. The first-order valence-electron chi connectivity index (χ1n) is 13.0. The standard InChI is InChI=1S/C30H25F3N4O4/c31-30(32,33)41-22-8-6-20(14-28(38)39)27(15-22)40-16-26-24-13-19(7-9-25(24)36-37(26)21-2-1-3-21)18-5-4-17-10-11-35-29(34)23(17)12-18/h4-13,15,21H,1-3,14,16H2,(H2,34,35)(H,38,39). The largest absolute Gasteiger partial charge is 0.573 e. The van der Waals surface area contributed by atoms with Crippen molar-refractivity contribution < 1.29 is 32.5 Å². The summed E-state index contributed by atoms with van der Waals surface area (Å²) in [6, 6.07) is 17.3. The van der Waals surface area contributed by atoms with Gasteiger partial charge in [0, 0.05) is 28.6 Å². The molecule has 0 saturated heterocycles. The zero-order valence-corrected chi connectivity index (χ0v) is 21.7. The van der Waals surface area contributed by atoms with E-state index in [0.717, 1.165) is 69.9 Å². The van der Waals surface area contributed by atoms with Crippen molar-refractivity contribution in [1.82, 2.24) is 14.8 Å². The highest BCUT2D eigenvalue weighted by atomic mass is 19.4. The van der Waals surface area contributed by atoms with E-state index in [-0.39, 0.29) is 24.0 Å². The maximum atomic E-state index is 12.9. The predicted molar refractivity (Wildman–Crippen MR) is 147 cm³/mol. The Morgan fingerprint density at radius 2 is 1.78 bits per heavy atom. The summed E-state index contributed by atoms with van der Waals surface area (Å²) in [5.74, 6) is -1.20. The summed E-state index contributed by atoms with van der Waals surface area (Å²) in [5, 5.41) is 16.8. The molecule has 2 aromatic heterocycles. The van der Waals surface area contributed by atoms with E-state index in [4.69, 9.17) is 15.6 Å². The van der Waals surface area contributed by atoms with E-state index in [1.165, 1.54) is 6.07 Å². The van der Waals surface area contributed by atoms with Crippen LogP contribution in [0, 0.1) is 0 Å². The Bertz CT molecular complexity index is 1780. The van der Waals surface area contributed by atoms with Crippen LogP contribution in [-0.4, -0.2) is 32.2 Å². The molecule has 0 aliphatic heterocycles. The Morgan fingerprint density at radius 3 is 2.49 bits per heavy atom. The molecular weight excluding hydrogens is 537 g/mol. The van der Waals surface area contributed by atoms with Crippen molar-refractivity contribution in [3.8, 4) is 22.6 Å². The van der Waals surface area contributed by atoms with E-state index in [1.807, 2.05) is 47.1 Å². The number of hydrogen-bond acceptors (Lipinski definition) is 6. The van der Waals surface area contributed by atoms with Gasteiger partial charge in [-0.1, -0.05) is 24.3 Å². The van der Waals surface area contributed by atoms with Crippen LogP contribution in [0.3, 0.4) is 0 Å². The van der Waals surface area contributed by atoms with Gasteiger partial charge in [0.25, 0.3) is 0 Å². The van der Waals surface area contributed by atoms with Gasteiger partial charge in [-0.2, -0.15) is 5.10 Å². The van der Waals surface area contributed by atoms with Gasteiger partial charge < -0.3 is 20.3 Å². The summed E-state index contributed by atoms with van der Waals surface area (Å²) in [5.41, 5.74) is 9.69. The summed E-state index contributed by atoms with van der Waals surface area (Å²) < 4.78 is 50.6. The number of nitrogen functional groups attached to an aromatic ring is 1. The van der Waals surface area contributed by atoms with Crippen LogP contribution in [0.2, 0.25) is 0 Å². The number of nitrogens with zero attached hydrogens (tertiary/aromatic N) is 3. The number of hydrogen-bond donors (Lipinski definition) is 2. The molecule has 1 aliphatic carbocycles. The third kappa shape index (κ3) is 5.47. The Morgan fingerprint density at radius 1 is 1.02 bits per heavy atom. The normalized spacial score (nSPS) is 13.8. The van der Waals surface area contributed by atoms with Crippen LogP contribution >= 0.6 is 0 Å². The molecule has 6 rings (SSSR count). The number of aliphatic carboxylic acids is 1. The van der Waals surface area contributed by atoms with Crippen molar-refractivity contribution in [2.45, 2.75) is 44.7 Å². The molecule has 3 N–H and O–H groups in total. The Kier molecular flexibility index (Phi) is 6.64. The number of nitrogens with two attached hydrogens (primary N) is 1. The zero-order valence-electron chi connectivity index (χ0n) is 21.7. The molecule has 41 heavy (non-hydrogen) atoms. The minimum atomic E-state index is -4.90. The molecule has 2 heterocycles. The maximum Gasteiger partial charge on any atom is 0.573 e. The molecule has 11 heteroatoms. The third-order valence-corrected chi connectivity index (χ3v) is 7.33. The van der Waals surface area contributed by atoms with Crippen LogP contribution in [0.5, 0.6) is 11.5 Å². The summed E-state index contributed by atoms with van der Waals surface area (Å²) >= 11 is 0. The van der Waals surface area contributed by atoms with Crippen molar-refractivity contribution in [2.75, 3.05) is 5.73 Å². The second-order valence-corrected chi connectivity index (χ2v) is 10.0. The Hall–Kier alpha value is -4.80. The molecule has 0 radical (unpaired) electrons. The fourth-order valence-corrected chi connectivity index (χ4v) is 5.10. The number of ether oxygens (including phenoxy) is 2. The summed E-state index contributed by atoms with van der Waals surface area (Å²) in [7, 11) is 0. The van der Waals surface area contributed by atoms with Crippen LogP contribution in [0.4, 0.5) is 19.0 Å². The molecule has 3 aromatic carbocycles. The molecule has 0 atom stereocenters. The highest BCUT2D eigenvalue weighted by Crippen LogP contribution is 2.37. The van der Waals surface area contributed by atoms with Crippen LogP contribution in [0.25, 0.3) is 32.8 Å². The Balaban J connectivity index is 1.39. The molecule has 5 aromatic rings. The van der Waals surface area contributed by atoms with Gasteiger partial charge in [0.1, 0.15) is 23.9 Å². The summed E-state index contributed by atoms with van der Waals surface area (Å²) in [6.45, 7) is -0.0346. The molecule has 1 saturated carbocycles. The van der Waals surface area contributed by atoms with E-state index in [1.54, 1.807) is 6.20 Å². The first kappa shape index (κ1) is 26.4. The first-order chi connectivity index (χ1) is 19.6. The lowest BCUT2D eigenvalue weighted by Gasteiger charge is -2.27. The van der Waals surface area contributed by atoms with E-state index < -0.39 is 24.5 Å². The number of carboxylic acid groups (broad SMARTS) is 1. The van der Waals surface area contributed by atoms with Crippen molar-refractivity contribution in [1.29, 1.82) is 0 Å². The smallest absolute Gasteiger partial charge is 0.487 e. The third-order valence-electron chi connectivity index (χ3n) is 7.33. The minimum absolute atomic E-state index is 0.00248. The number of fused-ring (bicyclic) bond motifs is 2. The second-order valence-electron chi connectivity index (χ2n) is 10.0. The molecule has 0 spiro atoms. The average molecular weight is 563 g/mol. The molecule has 1 fully saturated rings.